The minimum absolute atomic E-state index is 0.139. The molecule has 1 heterocycles. The highest BCUT2D eigenvalue weighted by Crippen LogP contribution is 2.08. The van der Waals surface area contributed by atoms with Crippen LogP contribution in [0.4, 0.5) is 0 Å². The molecular formula is C11H18N4O2. The number of fused-ring (bicyclic) bond motifs is 1. The summed E-state index contributed by atoms with van der Waals surface area (Å²) < 4.78 is 0. The van der Waals surface area contributed by atoms with E-state index in [1.54, 1.807) is 0 Å². The summed E-state index contributed by atoms with van der Waals surface area (Å²) in [6, 6.07) is 5.97. The molecule has 1 aromatic carbocycles. The summed E-state index contributed by atoms with van der Waals surface area (Å²) in [6.45, 7) is 3.45. The van der Waals surface area contributed by atoms with E-state index in [1.165, 1.54) is 5.56 Å². The predicted molar refractivity (Wildman–Crippen MR) is 65.7 cm³/mol. The van der Waals surface area contributed by atoms with E-state index in [0.29, 0.717) is 13.1 Å². The maximum absolute atomic E-state index is 8.15. The lowest BCUT2D eigenvalue weighted by atomic mass is 10.2. The smallest absolute Gasteiger partial charge is 0.113 e. The van der Waals surface area contributed by atoms with Crippen molar-refractivity contribution in [3.05, 3.63) is 23.8 Å². The Kier molecular flexibility index (Phi) is 6.16. The first kappa shape index (κ1) is 13.6. The van der Waals surface area contributed by atoms with Crippen LogP contribution in [0.2, 0.25) is 0 Å². The van der Waals surface area contributed by atoms with Crippen molar-refractivity contribution in [3.8, 4) is 0 Å². The molecule has 0 spiro atoms. The number of aliphatic hydroxyl groups is 2. The summed E-state index contributed by atoms with van der Waals surface area (Å²) in [6.07, 6.45) is 0. The molecular weight excluding hydrogens is 220 g/mol. The van der Waals surface area contributed by atoms with Gasteiger partial charge in [0.05, 0.1) is 13.2 Å². The lowest BCUT2D eigenvalue weighted by Crippen LogP contribution is -2.21. The molecule has 0 bridgehead atoms. The second-order valence-electron chi connectivity index (χ2n) is 3.51. The molecule has 0 saturated carbocycles. The van der Waals surface area contributed by atoms with Crippen LogP contribution in [-0.4, -0.2) is 51.9 Å². The van der Waals surface area contributed by atoms with Crippen LogP contribution >= 0.6 is 0 Å². The summed E-state index contributed by atoms with van der Waals surface area (Å²) in [7, 11) is 0. The zero-order valence-electron chi connectivity index (χ0n) is 9.85. The second kappa shape index (κ2) is 7.72. The van der Waals surface area contributed by atoms with Crippen LogP contribution in [0.1, 0.15) is 5.56 Å². The molecule has 4 N–H and O–H groups in total. The molecule has 0 aliphatic heterocycles. The van der Waals surface area contributed by atoms with E-state index >= 15 is 0 Å². The van der Waals surface area contributed by atoms with Crippen molar-refractivity contribution in [1.29, 1.82) is 0 Å². The Morgan fingerprint density at radius 1 is 1.12 bits per heavy atom. The zero-order valence-corrected chi connectivity index (χ0v) is 9.85. The van der Waals surface area contributed by atoms with E-state index in [4.69, 9.17) is 10.2 Å². The fourth-order valence-corrected chi connectivity index (χ4v) is 1.23. The van der Waals surface area contributed by atoms with Crippen LogP contribution in [0, 0.1) is 6.92 Å². The molecule has 6 heteroatoms. The van der Waals surface area contributed by atoms with Gasteiger partial charge >= 0.3 is 0 Å². The number of H-pyrrole nitrogens is 1. The average molecular weight is 238 g/mol. The number of aromatic nitrogens is 3. The third-order valence-corrected chi connectivity index (χ3v) is 2.05. The summed E-state index contributed by atoms with van der Waals surface area (Å²) >= 11 is 0. The molecule has 17 heavy (non-hydrogen) atoms. The van der Waals surface area contributed by atoms with Gasteiger partial charge in [0.1, 0.15) is 11.0 Å². The first-order valence-electron chi connectivity index (χ1n) is 5.47. The molecule has 0 fully saturated rings. The van der Waals surface area contributed by atoms with Crippen molar-refractivity contribution in [2.24, 2.45) is 0 Å². The molecule has 0 saturated heterocycles. The predicted octanol–water partition coefficient (Wildman–Crippen LogP) is -0.173. The number of aryl methyl sites for hydroxylation is 1. The van der Waals surface area contributed by atoms with Gasteiger partial charge in [-0.25, -0.2) is 0 Å². The van der Waals surface area contributed by atoms with E-state index in [-0.39, 0.29) is 13.2 Å². The lowest BCUT2D eigenvalue weighted by Gasteiger charge is -1.94. The molecule has 2 aromatic rings. The number of rotatable bonds is 4. The normalized spacial score (nSPS) is 10.1. The second-order valence-corrected chi connectivity index (χ2v) is 3.51. The summed E-state index contributed by atoms with van der Waals surface area (Å²) in [5.74, 6) is 0. The third kappa shape index (κ3) is 4.90. The maximum Gasteiger partial charge on any atom is 0.113 e. The Balaban J connectivity index is 0.000000185. The SMILES string of the molecule is Cc1ccc2n[nH]nc2c1.OCCNCCO. The van der Waals surface area contributed by atoms with E-state index in [9.17, 15) is 0 Å². The van der Waals surface area contributed by atoms with Gasteiger partial charge in [-0.1, -0.05) is 6.07 Å². The van der Waals surface area contributed by atoms with Crippen molar-refractivity contribution >= 4 is 11.0 Å². The number of hydrogen-bond donors (Lipinski definition) is 4. The molecule has 94 valence electrons. The molecule has 0 aliphatic carbocycles. The minimum atomic E-state index is 0.139. The van der Waals surface area contributed by atoms with Gasteiger partial charge in [0, 0.05) is 13.1 Å². The molecule has 0 aliphatic rings. The highest BCUT2D eigenvalue weighted by atomic mass is 16.3. The third-order valence-electron chi connectivity index (χ3n) is 2.05. The van der Waals surface area contributed by atoms with E-state index < -0.39 is 0 Å². The minimum Gasteiger partial charge on any atom is -0.395 e. The number of aliphatic hydroxyl groups excluding tert-OH is 2. The highest BCUT2D eigenvalue weighted by molar-refractivity contribution is 5.73. The fraction of sp³-hybridized carbons (Fsp3) is 0.455. The van der Waals surface area contributed by atoms with Gasteiger partial charge in [-0.2, -0.15) is 15.4 Å². The van der Waals surface area contributed by atoms with Crippen LogP contribution in [0.15, 0.2) is 18.2 Å². The Bertz CT molecular complexity index is 426. The van der Waals surface area contributed by atoms with Gasteiger partial charge in [0.15, 0.2) is 0 Å². The Morgan fingerprint density at radius 3 is 2.41 bits per heavy atom. The Labute approximate surface area is 99.7 Å². The summed E-state index contributed by atoms with van der Waals surface area (Å²) in [4.78, 5) is 0. The van der Waals surface area contributed by atoms with Gasteiger partial charge in [-0.05, 0) is 24.6 Å². The first-order valence-corrected chi connectivity index (χ1v) is 5.47. The number of hydrogen-bond acceptors (Lipinski definition) is 5. The number of aromatic amines is 1. The zero-order chi connectivity index (χ0) is 12.5. The van der Waals surface area contributed by atoms with Crippen molar-refractivity contribution in [1.82, 2.24) is 20.7 Å². The average Bonchev–Trinajstić information content (AvgIpc) is 2.78. The quantitative estimate of drug-likeness (QED) is 0.555. The van der Waals surface area contributed by atoms with Crippen LogP contribution in [-0.2, 0) is 0 Å². The topological polar surface area (TPSA) is 94.1 Å². The van der Waals surface area contributed by atoms with E-state index in [1.807, 2.05) is 25.1 Å². The maximum atomic E-state index is 8.15. The van der Waals surface area contributed by atoms with Crippen LogP contribution in [0.25, 0.3) is 11.0 Å². The largest absolute Gasteiger partial charge is 0.395 e. The van der Waals surface area contributed by atoms with Crippen molar-refractivity contribution in [3.63, 3.8) is 0 Å². The number of nitrogens with zero attached hydrogens (tertiary/aromatic N) is 2. The molecule has 0 atom stereocenters. The molecule has 1 aromatic heterocycles. The van der Waals surface area contributed by atoms with E-state index in [0.717, 1.165) is 11.0 Å². The number of benzene rings is 1. The van der Waals surface area contributed by atoms with Gasteiger partial charge in [-0.3, -0.25) is 0 Å². The van der Waals surface area contributed by atoms with Crippen molar-refractivity contribution in [2.75, 3.05) is 26.3 Å². The van der Waals surface area contributed by atoms with Gasteiger partial charge in [-0.15, -0.1) is 0 Å². The molecule has 0 unspecified atom stereocenters. The van der Waals surface area contributed by atoms with Crippen LogP contribution in [0.3, 0.4) is 0 Å². The Hall–Kier alpha value is -1.50. The fourth-order valence-electron chi connectivity index (χ4n) is 1.23. The van der Waals surface area contributed by atoms with Gasteiger partial charge < -0.3 is 15.5 Å². The van der Waals surface area contributed by atoms with Crippen LogP contribution < -0.4 is 5.32 Å². The summed E-state index contributed by atoms with van der Waals surface area (Å²) in [5, 5.41) is 29.5. The molecule has 0 radical (unpaired) electrons. The monoisotopic (exact) mass is 238 g/mol. The Morgan fingerprint density at radius 2 is 1.76 bits per heavy atom. The molecule has 6 nitrogen and oxygen atoms in total. The van der Waals surface area contributed by atoms with Crippen molar-refractivity contribution < 1.29 is 10.2 Å². The standard InChI is InChI=1S/C7H7N3.C4H11NO2/c1-5-2-3-6-7(4-5)9-10-8-6;6-3-1-5-2-4-7/h2-4H,1H3,(H,8,9,10);5-7H,1-4H2. The summed E-state index contributed by atoms with van der Waals surface area (Å²) in [5.41, 5.74) is 3.06. The highest BCUT2D eigenvalue weighted by Gasteiger charge is 1.94. The van der Waals surface area contributed by atoms with Gasteiger partial charge in [0.25, 0.3) is 0 Å². The van der Waals surface area contributed by atoms with Crippen LogP contribution in [0.5, 0.6) is 0 Å². The first-order chi connectivity index (χ1) is 8.27. The van der Waals surface area contributed by atoms with Gasteiger partial charge in [0.2, 0.25) is 0 Å². The number of nitrogens with one attached hydrogen (secondary N) is 2. The molecule has 2 rings (SSSR count). The molecule has 0 amide bonds. The van der Waals surface area contributed by atoms with E-state index in [2.05, 4.69) is 20.7 Å². The van der Waals surface area contributed by atoms with Crippen molar-refractivity contribution in [2.45, 2.75) is 6.92 Å². The lowest BCUT2D eigenvalue weighted by molar-refractivity contribution is 0.267.